The van der Waals surface area contributed by atoms with Crippen LogP contribution in [0.4, 0.5) is 22.0 Å². The molecule has 0 unspecified atom stereocenters. The summed E-state index contributed by atoms with van der Waals surface area (Å²) in [5.41, 5.74) is -1.52. The minimum absolute atomic E-state index is 0.174. The predicted molar refractivity (Wildman–Crippen MR) is 51.8 cm³/mol. The van der Waals surface area contributed by atoms with Gasteiger partial charge < -0.3 is 0 Å². The first-order valence-electron chi connectivity index (χ1n) is 4.27. The molecule has 0 saturated carbocycles. The number of halogens is 5. The molecule has 1 heterocycles. The standard InChI is InChI=1S/C10H5F5S/c11-7-2-1-6(5-3-16-4-5)9(12)8(7)10(13,14)15/h1-3H,4H2. The summed E-state index contributed by atoms with van der Waals surface area (Å²) in [6.45, 7) is 0. The first-order chi connectivity index (χ1) is 7.41. The van der Waals surface area contributed by atoms with E-state index < -0.39 is 23.4 Å². The molecular weight excluding hydrogens is 247 g/mol. The van der Waals surface area contributed by atoms with Gasteiger partial charge in [-0.25, -0.2) is 8.78 Å². The summed E-state index contributed by atoms with van der Waals surface area (Å²) in [7, 11) is 0. The Morgan fingerprint density at radius 2 is 1.75 bits per heavy atom. The predicted octanol–water partition coefficient (Wildman–Crippen LogP) is 4.07. The van der Waals surface area contributed by atoms with Gasteiger partial charge in [0.25, 0.3) is 0 Å². The molecule has 0 nitrogen and oxygen atoms in total. The molecule has 2 rings (SSSR count). The van der Waals surface area contributed by atoms with Gasteiger partial charge >= 0.3 is 6.18 Å². The molecule has 16 heavy (non-hydrogen) atoms. The van der Waals surface area contributed by atoms with Crippen LogP contribution in [0.25, 0.3) is 5.57 Å². The molecule has 0 radical (unpaired) electrons. The van der Waals surface area contributed by atoms with E-state index in [1.807, 2.05) is 0 Å². The first kappa shape index (κ1) is 11.4. The Hall–Kier alpha value is -1.04. The van der Waals surface area contributed by atoms with Crippen LogP contribution in [0, 0.1) is 11.6 Å². The van der Waals surface area contributed by atoms with Crippen LogP contribution >= 0.6 is 11.8 Å². The van der Waals surface area contributed by atoms with Gasteiger partial charge in [0.05, 0.1) is 0 Å². The second-order valence-electron chi connectivity index (χ2n) is 3.24. The molecule has 1 aromatic carbocycles. The third-order valence-electron chi connectivity index (χ3n) is 2.18. The van der Waals surface area contributed by atoms with Gasteiger partial charge in [0.2, 0.25) is 0 Å². The van der Waals surface area contributed by atoms with Crippen LogP contribution in [-0.4, -0.2) is 5.75 Å². The molecule has 1 aliphatic rings. The lowest BCUT2D eigenvalue weighted by molar-refractivity contribution is -0.142. The van der Waals surface area contributed by atoms with E-state index in [0.29, 0.717) is 17.4 Å². The Kier molecular flexibility index (Phi) is 2.69. The molecular formula is C10H5F5S. The van der Waals surface area contributed by atoms with Crippen LogP contribution in [0.2, 0.25) is 0 Å². The number of hydrogen-bond donors (Lipinski definition) is 0. The van der Waals surface area contributed by atoms with Crippen molar-refractivity contribution in [1.82, 2.24) is 0 Å². The summed E-state index contributed by atoms with van der Waals surface area (Å²) in [6.07, 6.45) is -5.01. The van der Waals surface area contributed by atoms with Gasteiger partial charge in [-0.3, -0.25) is 0 Å². The fourth-order valence-electron chi connectivity index (χ4n) is 1.37. The van der Waals surface area contributed by atoms with Crippen molar-refractivity contribution in [2.24, 2.45) is 0 Å². The fourth-order valence-corrected chi connectivity index (χ4v) is 1.98. The Morgan fingerprint density at radius 1 is 1.12 bits per heavy atom. The molecule has 86 valence electrons. The lowest BCUT2D eigenvalue weighted by Crippen LogP contribution is -2.13. The van der Waals surface area contributed by atoms with E-state index in [0.717, 1.165) is 6.07 Å². The number of benzene rings is 1. The molecule has 0 saturated heterocycles. The van der Waals surface area contributed by atoms with Crippen molar-refractivity contribution in [1.29, 1.82) is 0 Å². The van der Waals surface area contributed by atoms with E-state index >= 15 is 0 Å². The van der Waals surface area contributed by atoms with E-state index in [1.165, 1.54) is 11.8 Å². The van der Waals surface area contributed by atoms with Crippen molar-refractivity contribution in [3.05, 3.63) is 40.3 Å². The highest BCUT2D eigenvalue weighted by atomic mass is 32.2. The van der Waals surface area contributed by atoms with E-state index in [1.54, 1.807) is 5.41 Å². The van der Waals surface area contributed by atoms with Crippen LogP contribution in [0.15, 0.2) is 17.5 Å². The van der Waals surface area contributed by atoms with Gasteiger partial charge in [-0.05, 0) is 23.1 Å². The lowest BCUT2D eigenvalue weighted by atomic mass is 10.0. The lowest BCUT2D eigenvalue weighted by Gasteiger charge is -2.17. The van der Waals surface area contributed by atoms with Crippen LogP contribution < -0.4 is 0 Å². The molecule has 0 aliphatic carbocycles. The third kappa shape index (κ3) is 1.81. The Labute approximate surface area is 92.1 Å². The zero-order valence-corrected chi connectivity index (χ0v) is 8.55. The van der Waals surface area contributed by atoms with Crippen LogP contribution in [0.1, 0.15) is 11.1 Å². The zero-order chi connectivity index (χ0) is 11.9. The molecule has 6 heteroatoms. The van der Waals surface area contributed by atoms with E-state index in [4.69, 9.17) is 0 Å². The molecule has 0 N–H and O–H groups in total. The molecule has 1 aromatic rings. The quantitative estimate of drug-likeness (QED) is 0.679. The summed E-state index contributed by atoms with van der Waals surface area (Å²) in [6, 6.07) is 1.68. The summed E-state index contributed by atoms with van der Waals surface area (Å²) in [5.74, 6) is -2.67. The van der Waals surface area contributed by atoms with Gasteiger partial charge in [-0.15, -0.1) is 11.8 Å². The molecule has 0 amide bonds. The van der Waals surface area contributed by atoms with Crippen molar-refractivity contribution >= 4 is 17.3 Å². The monoisotopic (exact) mass is 252 g/mol. The maximum atomic E-state index is 13.5. The van der Waals surface area contributed by atoms with Gasteiger partial charge in [0, 0.05) is 11.3 Å². The molecule has 0 spiro atoms. The normalized spacial score (nSPS) is 15.7. The third-order valence-corrected chi connectivity index (χ3v) is 3.11. The summed E-state index contributed by atoms with van der Waals surface area (Å²) >= 11 is 1.36. The number of thioether (sulfide) groups is 1. The SMILES string of the molecule is Fc1ccc(C2=CSC2)c(F)c1C(F)(F)F. The Bertz CT molecular complexity index is 461. The van der Waals surface area contributed by atoms with Crippen molar-refractivity contribution in [2.45, 2.75) is 6.18 Å². The molecule has 1 aliphatic heterocycles. The molecule has 0 atom stereocenters. The minimum Gasteiger partial charge on any atom is -0.206 e. The average molecular weight is 252 g/mol. The maximum Gasteiger partial charge on any atom is 0.422 e. The minimum atomic E-state index is -5.01. The summed E-state index contributed by atoms with van der Waals surface area (Å²) < 4.78 is 63.5. The number of alkyl halides is 3. The highest BCUT2D eigenvalue weighted by Crippen LogP contribution is 2.39. The topological polar surface area (TPSA) is 0 Å². The van der Waals surface area contributed by atoms with Gasteiger partial charge in [0.1, 0.15) is 17.2 Å². The van der Waals surface area contributed by atoms with Crippen molar-refractivity contribution < 1.29 is 22.0 Å². The number of hydrogen-bond acceptors (Lipinski definition) is 1. The average Bonchev–Trinajstić information content (AvgIpc) is 2.04. The molecule has 0 fully saturated rings. The van der Waals surface area contributed by atoms with Crippen molar-refractivity contribution in [2.75, 3.05) is 5.75 Å². The maximum absolute atomic E-state index is 13.5. The van der Waals surface area contributed by atoms with Gasteiger partial charge in [0.15, 0.2) is 0 Å². The van der Waals surface area contributed by atoms with Crippen LogP contribution in [0.3, 0.4) is 0 Å². The van der Waals surface area contributed by atoms with Crippen LogP contribution in [0.5, 0.6) is 0 Å². The van der Waals surface area contributed by atoms with Crippen molar-refractivity contribution in [3.8, 4) is 0 Å². The first-order valence-corrected chi connectivity index (χ1v) is 5.32. The summed E-state index contributed by atoms with van der Waals surface area (Å²) in [4.78, 5) is 0. The van der Waals surface area contributed by atoms with E-state index in [9.17, 15) is 22.0 Å². The second-order valence-corrected chi connectivity index (χ2v) is 4.09. The molecule has 0 bridgehead atoms. The Balaban J connectivity index is 2.60. The van der Waals surface area contributed by atoms with Crippen molar-refractivity contribution in [3.63, 3.8) is 0 Å². The van der Waals surface area contributed by atoms with E-state index in [2.05, 4.69) is 0 Å². The zero-order valence-electron chi connectivity index (χ0n) is 7.74. The molecule has 0 aromatic heterocycles. The highest BCUT2D eigenvalue weighted by molar-refractivity contribution is 8.04. The fraction of sp³-hybridized carbons (Fsp3) is 0.200. The van der Waals surface area contributed by atoms with E-state index in [-0.39, 0.29) is 5.56 Å². The number of rotatable bonds is 1. The largest absolute Gasteiger partial charge is 0.422 e. The Morgan fingerprint density at radius 3 is 2.19 bits per heavy atom. The van der Waals surface area contributed by atoms with Gasteiger partial charge in [-0.1, -0.05) is 0 Å². The highest BCUT2D eigenvalue weighted by Gasteiger charge is 2.39. The van der Waals surface area contributed by atoms with Crippen LogP contribution in [-0.2, 0) is 6.18 Å². The summed E-state index contributed by atoms with van der Waals surface area (Å²) in [5, 5.41) is 1.55. The smallest absolute Gasteiger partial charge is 0.206 e. The van der Waals surface area contributed by atoms with Gasteiger partial charge in [-0.2, -0.15) is 13.2 Å². The second kappa shape index (κ2) is 3.76.